The number of hydrogen-bond acceptors (Lipinski definition) is 4. The zero-order chi connectivity index (χ0) is 17.8. The van der Waals surface area contributed by atoms with E-state index in [-0.39, 0.29) is 24.2 Å². The average Bonchev–Trinajstić information content (AvgIpc) is 2.98. The van der Waals surface area contributed by atoms with Gasteiger partial charge in [0.25, 0.3) is 0 Å². The molecule has 3 N–H and O–H groups in total. The van der Waals surface area contributed by atoms with Crippen molar-refractivity contribution in [2.75, 3.05) is 10.6 Å². The molecule has 25 heavy (non-hydrogen) atoms. The molecule has 0 saturated heterocycles. The van der Waals surface area contributed by atoms with Crippen molar-refractivity contribution in [1.29, 1.82) is 0 Å². The van der Waals surface area contributed by atoms with Crippen molar-refractivity contribution in [3.8, 4) is 0 Å². The molecule has 0 aliphatic heterocycles. The summed E-state index contributed by atoms with van der Waals surface area (Å²) in [6.07, 6.45) is 1.82. The van der Waals surface area contributed by atoms with Crippen LogP contribution in [-0.4, -0.2) is 27.0 Å². The van der Waals surface area contributed by atoms with Crippen LogP contribution >= 0.6 is 0 Å². The second-order valence-electron chi connectivity index (χ2n) is 6.05. The van der Waals surface area contributed by atoms with Gasteiger partial charge in [0.05, 0.1) is 23.7 Å². The normalized spacial score (nSPS) is 10.8. The molecule has 2 aromatic heterocycles. The first-order valence-electron chi connectivity index (χ1n) is 8.01. The van der Waals surface area contributed by atoms with Gasteiger partial charge in [0.15, 0.2) is 5.65 Å². The highest BCUT2D eigenvalue weighted by Gasteiger charge is 2.13. The van der Waals surface area contributed by atoms with Crippen LogP contribution in [0.4, 0.5) is 11.5 Å². The lowest BCUT2D eigenvalue weighted by atomic mass is 10.1. The number of H-pyrrole nitrogens is 1. The third kappa shape index (κ3) is 4.00. The summed E-state index contributed by atoms with van der Waals surface area (Å²) in [6, 6.07) is 11.2. The number of anilines is 2. The van der Waals surface area contributed by atoms with E-state index in [1.807, 2.05) is 30.3 Å². The summed E-state index contributed by atoms with van der Waals surface area (Å²) in [5, 5.41) is 13.1. The van der Waals surface area contributed by atoms with Crippen LogP contribution in [0.1, 0.15) is 19.4 Å². The first-order chi connectivity index (χ1) is 12.0. The predicted octanol–water partition coefficient (Wildman–Crippen LogP) is 2.73. The summed E-state index contributed by atoms with van der Waals surface area (Å²) < 4.78 is 0. The van der Waals surface area contributed by atoms with Gasteiger partial charge in [-0.2, -0.15) is 5.10 Å². The van der Waals surface area contributed by atoms with Gasteiger partial charge in [-0.25, -0.2) is 4.98 Å². The number of pyridine rings is 1. The molecule has 0 saturated carbocycles. The van der Waals surface area contributed by atoms with Crippen molar-refractivity contribution in [3.05, 3.63) is 48.2 Å². The van der Waals surface area contributed by atoms with E-state index in [2.05, 4.69) is 25.8 Å². The molecule has 7 nitrogen and oxygen atoms in total. The van der Waals surface area contributed by atoms with Gasteiger partial charge in [-0.3, -0.25) is 14.7 Å². The van der Waals surface area contributed by atoms with Gasteiger partial charge in [-0.1, -0.05) is 44.2 Å². The molecule has 0 aliphatic rings. The standard InChI is InChI=1S/C18H19N5O2/c1-11(2)18(25)21-17-14-9-13(10-19-16(14)22-23-17)20-15(24)8-12-6-4-3-5-7-12/h3-7,9-11H,8H2,1-2H3,(H,20,24)(H2,19,21,22,23,25). The Labute approximate surface area is 144 Å². The van der Waals surface area contributed by atoms with E-state index in [9.17, 15) is 9.59 Å². The molecule has 0 radical (unpaired) electrons. The lowest BCUT2D eigenvalue weighted by Gasteiger charge is -2.07. The Balaban J connectivity index is 1.76. The van der Waals surface area contributed by atoms with Crippen molar-refractivity contribution in [2.45, 2.75) is 20.3 Å². The number of benzene rings is 1. The number of aromatic nitrogens is 3. The zero-order valence-corrected chi connectivity index (χ0v) is 14.0. The molecule has 2 amide bonds. The minimum atomic E-state index is -0.153. The van der Waals surface area contributed by atoms with Crippen LogP contribution in [0.3, 0.4) is 0 Å². The molecule has 128 valence electrons. The summed E-state index contributed by atoms with van der Waals surface area (Å²) in [6.45, 7) is 3.61. The Morgan fingerprint density at radius 2 is 1.92 bits per heavy atom. The molecule has 0 atom stereocenters. The SMILES string of the molecule is CC(C)C(=O)Nc1[nH]nc2ncc(NC(=O)Cc3ccccc3)cc12. The molecule has 0 spiro atoms. The van der Waals surface area contributed by atoms with E-state index in [1.54, 1.807) is 26.1 Å². The number of fused-ring (bicyclic) bond motifs is 1. The van der Waals surface area contributed by atoms with Crippen LogP contribution in [0.15, 0.2) is 42.6 Å². The Bertz CT molecular complexity index is 902. The summed E-state index contributed by atoms with van der Waals surface area (Å²) in [5.74, 6) is 0.0631. The maximum absolute atomic E-state index is 12.2. The molecule has 2 heterocycles. The summed E-state index contributed by atoms with van der Waals surface area (Å²) in [4.78, 5) is 28.3. The number of aromatic amines is 1. The lowest BCUT2D eigenvalue weighted by Crippen LogP contribution is -2.18. The monoisotopic (exact) mass is 337 g/mol. The van der Waals surface area contributed by atoms with Crippen molar-refractivity contribution in [3.63, 3.8) is 0 Å². The van der Waals surface area contributed by atoms with E-state index in [0.29, 0.717) is 22.5 Å². The molecule has 0 bridgehead atoms. The number of hydrogen-bond donors (Lipinski definition) is 3. The van der Waals surface area contributed by atoms with Crippen LogP contribution < -0.4 is 10.6 Å². The highest BCUT2D eigenvalue weighted by molar-refractivity contribution is 6.01. The van der Waals surface area contributed by atoms with Gasteiger partial charge in [-0.05, 0) is 11.6 Å². The molecule has 1 aromatic carbocycles. The molecule has 3 rings (SSSR count). The fourth-order valence-corrected chi connectivity index (χ4v) is 2.32. The topological polar surface area (TPSA) is 99.8 Å². The first kappa shape index (κ1) is 16.6. The summed E-state index contributed by atoms with van der Waals surface area (Å²) in [7, 11) is 0. The second kappa shape index (κ2) is 7.12. The van der Waals surface area contributed by atoms with E-state index in [1.165, 1.54) is 0 Å². The molecule has 0 unspecified atom stereocenters. The minimum absolute atomic E-state index is 0.121. The number of nitrogens with zero attached hydrogens (tertiary/aromatic N) is 2. The lowest BCUT2D eigenvalue weighted by molar-refractivity contribution is -0.119. The first-order valence-corrected chi connectivity index (χ1v) is 8.01. The van der Waals surface area contributed by atoms with E-state index in [4.69, 9.17) is 0 Å². The highest BCUT2D eigenvalue weighted by Crippen LogP contribution is 2.22. The van der Waals surface area contributed by atoms with Crippen LogP contribution in [0.5, 0.6) is 0 Å². The van der Waals surface area contributed by atoms with Crippen LogP contribution in [0.2, 0.25) is 0 Å². The van der Waals surface area contributed by atoms with Crippen LogP contribution in [0.25, 0.3) is 11.0 Å². The third-order valence-electron chi connectivity index (χ3n) is 3.67. The quantitative estimate of drug-likeness (QED) is 0.666. The van der Waals surface area contributed by atoms with Crippen LogP contribution in [-0.2, 0) is 16.0 Å². The second-order valence-corrected chi connectivity index (χ2v) is 6.05. The van der Waals surface area contributed by atoms with Gasteiger partial charge >= 0.3 is 0 Å². The number of carbonyl (C=O) groups excluding carboxylic acids is 2. The molecule has 7 heteroatoms. The maximum atomic E-state index is 12.2. The third-order valence-corrected chi connectivity index (χ3v) is 3.67. The minimum Gasteiger partial charge on any atom is -0.324 e. The summed E-state index contributed by atoms with van der Waals surface area (Å²) in [5.41, 5.74) is 1.96. The fraction of sp³-hybridized carbons (Fsp3) is 0.222. The largest absolute Gasteiger partial charge is 0.324 e. The Kier molecular flexibility index (Phi) is 4.74. The number of carbonyl (C=O) groups is 2. The van der Waals surface area contributed by atoms with E-state index < -0.39 is 0 Å². The number of amides is 2. The Morgan fingerprint density at radius 1 is 1.16 bits per heavy atom. The van der Waals surface area contributed by atoms with Crippen molar-refractivity contribution < 1.29 is 9.59 Å². The highest BCUT2D eigenvalue weighted by atomic mass is 16.2. The number of rotatable bonds is 5. The number of nitrogens with one attached hydrogen (secondary N) is 3. The van der Waals surface area contributed by atoms with Gasteiger partial charge in [0.2, 0.25) is 11.8 Å². The van der Waals surface area contributed by atoms with Crippen molar-refractivity contribution in [1.82, 2.24) is 15.2 Å². The van der Waals surface area contributed by atoms with Gasteiger partial charge < -0.3 is 10.6 Å². The predicted molar refractivity (Wildman–Crippen MR) is 96.1 cm³/mol. The zero-order valence-electron chi connectivity index (χ0n) is 14.0. The van der Waals surface area contributed by atoms with Gasteiger partial charge in [0, 0.05) is 5.92 Å². The van der Waals surface area contributed by atoms with Crippen molar-refractivity contribution >= 4 is 34.4 Å². The molecular formula is C18H19N5O2. The fourth-order valence-electron chi connectivity index (χ4n) is 2.32. The Morgan fingerprint density at radius 3 is 2.64 bits per heavy atom. The van der Waals surface area contributed by atoms with E-state index >= 15 is 0 Å². The smallest absolute Gasteiger partial charge is 0.228 e. The van der Waals surface area contributed by atoms with Crippen LogP contribution in [0, 0.1) is 5.92 Å². The maximum Gasteiger partial charge on any atom is 0.228 e. The average molecular weight is 337 g/mol. The molecule has 0 fully saturated rings. The van der Waals surface area contributed by atoms with E-state index in [0.717, 1.165) is 5.56 Å². The van der Waals surface area contributed by atoms with Gasteiger partial charge in [0.1, 0.15) is 5.82 Å². The van der Waals surface area contributed by atoms with Gasteiger partial charge in [-0.15, -0.1) is 0 Å². The summed E-state index contributed by atoms with van der Waals surface area (Å²) >= 11 is 0. The van der Waals surface area contributed by atoms with Crippen molar-refractivity contribution in [2.24, 2.45) is 5.92 Å². The molecule has 0 aliphatic carbocycles. The molecular weight excluding hydrogens is 318 g/mol. The Hall–Kier alpha value is -3.22. The molecule has 3 aromatic rings.